The maximum Gasteiger partial charge on any atom is 0.0593 e. The van der Waals surface area contributed by atoms with Crippen molar-refractivity contribution >= 4 is 21.6 Å². The van der Waals surface area contributed by atoms with Crippen molar-refractivity contribution in [3.8, 4) is 0 Å². The summed E-state index contributed by atoms with van der Waals surface area (Å²) in [5.41, 5.74) is 7.82. The molecule has 1 aliphatic carbocycles. The van der Waals surface area contributed by atoms with Crippen molar-refractivity contribution in [2.24, 2.45) is 5.92 Å². The molecule has 1 aromatic rings. The van der Waals surface area contributed by atoms with Gasteiger partial charge in [0.05, 0.1) is 6.61 Å². The molecule has 0 aliphatic heterocycles. The quantitative estimate of drug-likeness (QED) is 0.621. The Morgan fingerprint density at radius 3 is 2.89 bits per heavy atom. The zero-order valence-electron chi connectivity index (χ0n) is 10.9. The second-order valence-corrected chi connectivity index (χ2v) is 5.97. The summed E-state index contributed by atoms with van der Waals surface area (Å²) in [6, 6.07) is 6.09. The molecular weight excluding hydrogens is 292 g/mol. The zero-order valence-corrected chi connectivity index (χ0v) is 12.4. The predicted octanol–water partition coefficient (Wildman–Crippen LogP) is 2.89. The van der Waals surface area contributed by atoms with Crippen LogP contribution >= 0.6 is 15.9 Å². The van der Waals surface area contributed by atoms with Gasteiger partial charge in [0.15, 0.2) is 0 Å². The summed E-state index contributed by atoms with van der Waals surface area (Å²) >= 11 is 3.45. The van der Waals surface area contributed by atoms with Crippen LogP contribution in [-0.2, 0) is 11.3 Å². The fraction of sp³-hybridized carbons (Fsp3) is 0.571. The number of benzene rings is 1. The minimum Gasteiger partial charge on any atom is -0.398 e. The van der Waals surface area contributed by atoms with E-state index in [1.807, 2.05) is 6.07 Å². The lowest BCUT2D eigenvalue weighted by molar-refractivity contribution is 0.102. The van der Waals surface area contributed by atoms with E-state index in [4.69, 9.17) is 10.5 Å². The molecular formula is C14H21BrN2O. The van der Waals surface area contributed by atoms with Crippen molar-refractivity contribution in [3.63, 3.8) is 0 Å². The van der Waals surface area contributed by atoms with Gasteiger partial charge < -0.3 is 10.5 Å². The molecule has 0 heterocycles. The zero-order chi connectivity index (χ0) is 13.0. The highest BCUT2D eigenvalue weighted by Gasteiger charge is 2.20. The number of ether oxygens (including phenoxy) is 1. The maximum atomic E-state index is 5.77. The van der Waals surface area contributed by atoms with Crippen LogP contribution in [0.3, 0.4) is 0 Å². The van der Waals surface area contributed by atoms with Crippen LogP contribution in [0.2, 0.25) is 0 Å². The first kappa shape index (κ1) is 13.8. The molecule has 1 saturated carbocycles. The second kappa shape index (κ2) is 6.55. The molecule has 0 spiro atoms. The molecule has 3 nitrogen and oxygen atoms in total. The molecule has 0 amide bonds. The standard InChI is InChI=1S/C14H21BrN2O/c1-17(6-7-18-10-11-2-3-11)9-12-4-5-14(16)13(15)8-12/h4-5,8,11H,2-3,6-7,9-10,16H2,1H3. The van der Waals surface area contributed by atoms with Crippen LogP contribution < -0.4 is 5.73 Å². The van der Waals surface area contributed by atoms with E-state index >= 15 is 0 Å². The SMILES string of the molecule is CN(CCOCC1CC1)Cc1ccc(N)c(Br)c1. The normalized spacial score (nSPS) is 15.3. The molecule has 0 aromatic heterocycles. The highest BCUT2D eigenvalue weighted by Crippen LogP contribution is 2.28. The van der Waals surface area contributed by atoms with Crippen molar-refractivity contribution in [1.29, 1.82) is 0 Å². The maximum absolute atomic E-state index is 5.77. The van der Waals surface area contributed by atoms with Gasteiger partial charge in [-0.15, -0.1) is 0 Å². The van der Waals surface area contributed by atoms with Gasteiger partial charge in [0, 0.05) is 29.9 Å². The van der Waals surface area contributed by atoms with Gasteiger partial charge in [0.25, 0.3) is 0 Å². The van der Waals surface area contributed by atoms with Crippen LogP contribution in [0.15, 0.2) is 22.7 Å². The third kappa shape index (κ3) is 4.59. The number of rotatable bonds is 7. The van der Waals surface area contributed by atoms with E-state index in [0.717, 1.165) is 42.4 Å². The Balaban J connectivity index is 1.68. The lowest BCUT2D eigenvalue weighted by Gasteiger charge is -2.17. The van der Waals surface area contributed by atoms with E-state index in [0.29, 0.717) is 0 Å². The Morgan fingerprint density at radius 2 is 2.22 bits per heavy atom. The van der Waals surface area contributed by atoms with Gasteiger partial charge in [-0.05, 0) is 59.4 Å². The fourth-order valence-electron chi connectivity index (χ4n) is 1.81. The van der Waals surface area contributed by atoms with Gasteiger partial charge in [-0.2, -0.15) is 0 Å². The minimum absolute atomic E-state index is 0.786. The molecule has 1 aromatic carbocycles. The Hall–Kier alpha value is -0.580. The van der Waals surface area contributed by atoms with Gasteiger partial charge in [-0.1, -0.05) is 6.07 Å². The van der Waals surface area contributed by atoms with Gasteiger partial charge in [0.1, 0.15) is 0 Å². The van der Waals surface area contributed by atoms with Crippen molar-refractivity contribution in [2.45, 2.75) is 19.4 Å². The fourth-order valence-corrected chi connectivity index (χ4v) is 2.24. The molecule has 4 heteroatoms. The summed E-state index contributed by atoms with van der Waals surface area (Å²) in [6.07, 6.45) is 2.71. The summed E-state index contributed by atoms with van der Waals surface area (Å²) in [7, 11) is 2.12. The third-order valence-corrected chi connectivity index (χ3v) is 3.87. The van der Waals surface area contributed by atoms with E-state index in [-0.39, 0.29) is 0 Å². The Labute approximate surface area is 117 Å². The second-order valence-electron chi connectivity index (χ2n) is 5.11. The number of anilines is 1. The number of hydrogen-bond donors (Lipinski definition) is 1. The molecule has 1 fully saturated rings. The average molecular weight is 313 g/mol. The Bertz CT molecular complexity index is 393. The molecule has 1 aliphatic rings. The first-order valence-corrected chi connectivity index (χ1v) is 7.24. The van der Waals surface area contributed by atoms with Crippen molar-refractivity contribution < 1.29 is 4.74 Å². The van der Waals surface area contributed by atoms with Crippen LogP contribution in [0.4, 0.5) is 5.69 Å². The molecule has 0 atom stereocenters. The summed E-state index contributed by atoms with van der Waals surface area (Å²) in [5, 5.41) is 0. The average Bonchev–Trinajstić information content (AvgIpc) is 3.14. The highest BCUT2D eigenvalue weighted by atomic mass is 79.9. The predicted molar refractivity (Wildman–Crippen MR) is 78.4 cm³/mol. The largest absolute Gasteiger partial charge is 0.398 e. The van der Waals surface area contributed by atoms with Crippen LogP contribution in [0.25, 0.3) is 0 Å². The van der Waals surface area contributed by atoms with Gasteiger partial charge in [-0.25, -0.2) is 0 Å². The topological polar surface area (TPSA) is 38.5 Å². The van der Waals surface area contributed by atoms with Crippen LogP contribution in [-0.4, -0.2) is 31.7 Å². The highest BCUT2D eigenvalue weighted by molar-refractivity contribution is 9.10. The molecule has 0 saturated heterocycles. The van der Waals surface area contributed by atoms with Crippen LogP contribution in [0, 0.1) is 5.92 Å². The van der Waals surface area contributed by atoms with Gasteiger partial charge in [0.2, 0.25) is 0 Å². The van der Waals surface area contributed by atoms with Crippen molar-refractivity contribution in [2.75, 3.05) is 32.5 Å². The number of nitrogens with zero attached hydrogens (tertiary/aromatic N) is 1. The molecule has 0 unspecified atom stereocenters. The van der Waals surface area contributed by atoms with E-state index in [1.54, 1.807) is 0 Å². The molecule has 18 heavy (non-hydrogen) atoms. The van der Waals surface area contributed by atoms with Crippen LogP contribution in [0.5, 0.6) is 0 Å². The monoisotopic (exact) mass is 312 g/mol. The third-order valence-electron chi connectivity index (χ3n) is 3.19. The number of halogens is 1. The smallest absolute Gasteiger partial charge is 0.0593 e. The van der Waals surface area contributed by atoms with E-state index in [9.17, 15) is 0 Å². The number of nitrogens with two attached hydrogens (primary N) is 1. The number of hydrogen-bond acceptors (Lipinski definition) is 3. The Morgan fingerprint density at radius 1 is 1.44 bits per heavy atom. The summed E-state index contributed by atoms with van der Waals surface area (Å²) < 4.78 is 6.61. The van der Waals surface area contributed by atoms with Gasteiger partial charge >= 0.3 is 0 Å². The van der Waals surface area contributed by atoms with Crippen molar-refractivity contribution in [3.05, 3.63) is 28.2 Å². The summed E-state index contributed by atoms with van der Waals surface area (Å²) in [6.45, 7) is 3.66. The van der Waals surface area contributed by atoms with E-state index in [1.165, 1.54) is 18.4 Å². The minimum atomic E-state index is 0.786. The Kier molecular flexibility index (Phi) is 5.03. The molecule has 0 radical (unpaired) electrons. The van der Waals surface area contributed by atoms with E-state index in [2.05, 4.69) is 40.0 Å². The molecule has 0 bridgehead atoms. The lowest BCUT2D eigenvalue weighted by Crippen LogP contribution is -2.23. The van der Waals surface area contributed by atoms with Crippen LogP contribution in [0.1, 0.15) is 18.4 Å². The van der Waals surface area contributed by atoms with E-state index < -0.39 is 0 Å². The molecule has 100 valence electrons. The number of nitrogen functional groups attached to an aromatic ring is 1. The first-order chi connectivity index (χ1) is 8.65. The number of likely N-dealkylation sites (N-methyl/N-ethyl adjacent to an activating group) is 1. The summed E-state index contributed by atoms with van der Waals surface area (Å²) in [5.74, 6) is 0.850. The van der Waals surface area contributed by atoms with Gasteiger partial charge in [-0.3, -0.25) is 4.90 Å². The first-order valence-electron chi connectivity index (χ1n) is 6.45. The van der Waals surface area contributed by atoms with Crippen molar-refractivity contribution in [1.82, 2.24) is 4.90 Å². The summed E-state index contributed by atoms with van der Waals surface area (Å²) in [4.78, 5) is 2.27. The molecule has 2 N–H and O–H groups in total. The lowest BCUT2D eigenvalue weighted by atomic mass is 10.2. The molecule has 2 rings (SSSR count).